The van der Waals surface area contributed by atoms with Crippen LogP contribution in [0.1, 0.15) is 35.4 Å². The van der Waals surface area contributed by atoms with Crippen molar-refractivity contribution in [2.45, 2.75) is 49.4 Å². The minimum absolute atomic E-state index is 0.0521. The van der Waals surface area contributed by atoms with Crippen molar-refractivity contribution in [2.75, 3.05) is 50.9 Å². The van der Waals surface area contributed by atoms with Crippen LogP contribution in [-0.2, 0) is 26.1 Å². The maximum atomic E-state index is 15.0. The number of benzene rings is 4. The zero-order valence-electron chi connectivity index (χ0n) is 29.3. The minimum atomic E-state index is -4.27. The van der Waals surface area contributed by atoms with Crippen molar-refractivity contribution in [3.05, 3.63) is 120 Å². The molecule has 1 aliphatic heterocycles. The van der Waals surface area contributed by atoms with Crippen molar-refractivity contribution < 1.29 is 46.8 Å². The molecular weight excluding hydrogens is 691 g/mol. The number of likely N-dealkylation sites (tertiary alicyclic amines) is 1. The second-order valence-electron chi connectivity index (χ2n) is 12.6. The van der Waals surface area contributed by atoms with Gasteiger partial charge < -0.3 is 34.1 Å². The fourth-order valence-corrected chi connectivity index (χ4v) is 7.61. The Bertz CT molecular complexity index is 1860. The Labute approximate surface area is 304 Å². The number of halogens is 1. The Morgan fingerprint density at radius 2 is 1.69 bits per heavy atom. The second kappa shape index (κ2) is 18.2. The van der Waals surface area contributed by atoms with E-state index in [0.717, 1.165) is 32.8 Å². The molecule has 13 heteroatoms. The lowest BCUT2D eigenvalue weighted by molar-refractivity contribution is -0.0441. The van der Waals surface area contributed by atoms with E-state index in [-0.39, 0.29) is 29.7 Å². The topological polar surface area (TPSA) is 135 Å². The summed E-state index contributed by atoms with van der Waals surface area (Å²) in [5.41, 5.74) is 2.53. The van der Waals surface area contributed by atoms with Crippen LogP contribution < -0.4 is 13.8 Å². The lowest BCUT2D eigenvalue weighted by Crippen LogP contribution is -2.47. The first kappa shape index (κ1) is 38.5. The molecule has 0 aliphatic carbocycles. The largest absolute Gasteiger partial charge is 0.496 e. The van der Waals surface area contributed by atoms with Crippen molar-refractivity contribution in [1.82, 2.24) is 4.90 Å². The summed E-state index contributed by atoms with van der Waals surface area (Å²) in [7, 11) is -2.64. The van der Waals surface area contributed by atoms with Gasteiger partial charge in [0.05, 0.1) is 69.4 Å². The molecule has 0 spiro atoms. The summed E-state index contributed by atoms with van der Waals surface area (Å²) in [6.07, 6.45) is -1.93. The molecule has 5 rings (SSSR count). The number of ether oxygens (including phenoxy) is 4. The number of amides is 1. The van der Waals surface area contributed by atoms with E-state index in [9.17, 15) is 27.8 Å². The van der Waals surface area contributed by atoms with Crippen molar-refractivity contribution in [3.8, 4) is 11.5 Å². The van der Waals surface area contributed by atoms with Gasteiger partial charge in [-0.15, -0.1) is 0 Å². The summed E-state index contributed by atoms with van der Waals surface area (Å²) in [4.78, 5) is 13.1. The number of sulfonamides is 1. The maximum Gasteiger partial charge on any atom is 0.407 e. The number of hydrogen-bond acceptors (Lipinski definition) is 8. The van der Waals surface area contributed by atoms with E-state index in [0.29, 0.717) is 45.0 Å². The summed E-state index contributed by atoms with van der Waals surface area (Å²) in [5, 5.41) is 20.8. The molecule has 0 radical (unpaired) electrons. The Hall–Kier alpha value is -4.69. The van der Waals surface area contributed by atoms with Crippen LogP contribution in [0.4, 0.5) is 14.9 Å². The summed E-state index contributed by atoms with van der Waals surface area (Å²) in [6.45, 7) is 2.77. The Kier molecular flexibility index (Phi) is 13.5. The van der Waals surface area contributed by atoms with E-state index in [1.165, 1.54) is 35.2 Å². The molecule has 2 N–H and O–H groups in total. The molecule has 1 heterocycles. The van der Waals surface area contributed by atoms with Gasteiger partial charge in [-0.05, 0) is 61.4 Å². The molecule has 1 fully saturated rings. The van der Waals surface area contributed by atoms with E-state index in [2.05, 4.69) is 0 Å². The number of carbonyl (C=O) groups is 1. The van der Waals surface area contributed by atoms with Crippen molar-refractivity contribution >= 4 is 21.8 Å². The van der Waals surface area contributed by atoms with Crippen molar-refractivity contribution in [3.63, 3.8) is 0 Å². The SMILES string of the molecule is COc1ccccc1COCCCOc1ccc(C2CCN(C(=O)O)CC2OC[C@@H](O)CN(c2ccccc2F)S(=O)(=O)c2ccc(C)cc2)cc1. The molecule has 11 nitrogen and oxygen atoms in total. The van der Waals surface area contributed by atoms with Crippen LogP contribution in [0.15, 0.2) is 102 Å². The number of hydrogen-bond donors (Lipinski definition) is 2. The fourth-order valence-electron chi connectivity index (χ4n) is 6.10. The Balaban J connectivity index is 1.19. The lowest BCUT2D eigenvalue weighted by Gasteiger charge is -2.38. The number of aryl methyl sites for hydroxylation is 1. The summed E-state index contributed by atoms with van der Waals surface area (Å²) in [5.74, 6) is 0.485. The van der Waals surface area contributed by atoms with E-state index in [1.54, 1.807) is 19.2 Å². The molecular formula is C39H45FN2O9S. The van der Waals surface area contributed by atoms with Gasteiger partial charge in [-0.1, -0.05) is 60.2 Å². The summed E-state index contributed by atoms with van der Waals surface area (Å²) < 4.78 is 66.4. The van der Waals surface area contributed by atoms with Gasteiger partial charge in [0.25, 0.3) is 10.0 Å². The predicted molar refractivity (Wildman–Crippen MR) is 194 cm³/mol. The zero-order chi connectivity index (χ0) is 37.1. The lowest BCUT2D eigenvalue weighted by atomic mass is 9.87. The van der Waals surface area contributed by atoms with Crippen LogP contribution in [0.3, 0.4) is 0 Å². The smallest absolute Gasteiger partial charge is 0.407 e. The fraction of sp³-hybridized carbons (Fsp3) is 0.359. The van der Waals surface area contributed by atoms with Gasteiger partial charge in [-0.2, -0.15) is 0 Å². The first-order chi connectivity index (χ1) is 25.1. The molecule has 278 valence electrons. The minimum Gasteiger partial charge on any atom is -0.496 e. The number of piperidine rings is 1. The van der Waals surface area contributed by atoms with Gasteiger partial charge >= 0.3 is 6.09 Å². The second-order valence-corrected chi connectivity index (χ2v) is 14.4. The average molecular weight is 737 g/mol. The number of rotatable bonds is 17. The van der Waals surface area contributed by atoms with Crippen LogP contribution in [0.25, 0.3) is 0 Å². The van der Waals surface area contributed by atoms with Crippen LogP contribution in [0, 0.1) is 12.7 Å². The molecule has 1 aliphatic rings. The number of methoxy groups -OCH3 is 1. The van der Waals surface area contributed by atoms with Gasteiger partial charge in [0.2, 0.25) is 0 Å². The number of carboxylic acid groups (broad SMARTS) is 1. The number of nitrogens with zero attached hydrogens (tertiary/aromatic N) is 2. The summed E-state index contributed by atoms with van der Waals surface area (Å²) in [6, 6.07) is 26.8. The third-order valence-corrected chi connectivity index (χ3v) is 10.7. The number of aliphatic hydroxyl groups excluding tert-OH is 1. The Morgan fingerprint density at radius 3 is 2.40 bits per heavy atom. The van der Waals surface area contributed by atoms with Gasteiger partial charge in [0.15, 0.2) is 0 Å². The molecule has 4 aromatic rings. The third-order valence-electron chi connectivity index (χ3n) is 8.90. The molecule has 4 aromatic carbocycles. The quantitative estimate of drug-likeness (QED) is 0.121. The van der Waals surface area contributed by atoms with Crippen LogP contribution in [0.5, 0.6) is 11.5 Å². The number of anilines is 1. The Morgan fingerprint density at radius 1 is 0.981 bits per heavy atom. The monoisotopic (exact) mass is 736 g/mol. The average Bonchev–Trinajstić information content (AvgIpc) is 3.15. The predicted octanol–water partition coefficient (Wildman–Crippen LogP) is 6.24. The molecule has 0 saturated carbocycles. The molecule has 2 unspecified atom stereocenters. The van der Waals surface area contributed by atoms with Gasteiger partial charge in [0, 0.05) is 24.4 Å². The summed E-state index contributed by atoms with van der Waals surface area (Å²) >= 11 is 0. The molecule has 3 atom stereocenters. The highest BCUT2D eigenvalue weighted by Crippen LogP contribution is 2.33. The molecule has 52 heavy (non-hydrogen) atoms. The normalized spacial score (nSPS) is 16.7. The van der Waals surface area contributed by atoms with Crippen molar-refractivity contribution in [1.29, 1.82) is 0 Å². The molecule has 0 aromatic heterocycles. The molecule has 1 saturated heterocycles. The van der Waals surface area contributed by atoms with Gasteiger partial charge in [-0.25, -0.2) is 17.6 Å². The first-order valence-electron chi connectivity index (χ1n) is 17.1. The highest BCUT2D eigenvalue weighted by molar-refractivity contribution is 7.92. The van der Waals surface area contributed by atoms with E-state index in [4.69, 9.17) is 18.9 Å². The number of aliphatic hydroxyl groups is 1. The highest BCUT2D eigenvalue weighted by atomic mass is 32.2. The number of para-hydroxylation sites is 2. The van der Waals surface area contributed by atoms with E-state index < -0.39 is 40.7 Å². The third kappa shape index (κ3) is 10.0. The first-order valence-corrected chi connectivity index (χ1v) is 18.5. The van der Waals surface area contributed by atoms with Crippen molar-refractivity contribution in [2.24, 2.45) is 0 Å². The van der Waals surface area contributed by atoms with E-state index in [1.807, 2.05) is 55.5 Å². The maximum absolute atomic E-state index is 15.0. The van der Waals surface area contributed by atoms with E-state index >= 15 is 0 Å². The molecule has 0 bridgehead atoms. The van der Waals surface area contributed by atoms with Crippen LogP contribution in [0.2, 0.25) is 0 Å². The van der Waals surface area contributed by atoms with Crippen LogP contribution in [-0.4, -0.2) is 88.4 Å². The highest BCUT2D eigenvalue weighted by Gasteiger charge is 2.35. The molecule has 1 amide bonds. The van der Waals surface area contributed by atoms with Gasteiger partial charge in [0.1, 0.15) is 17.3 Å². The zero-order valence-corrected chi connectivity index (χ0v) is 30.1. The van der Waals surface area contributed by atoms with Crippen LogP contribution >= 0.6 is 0 Å². The standard InChI is InChI=1S/C39H45FN2O9S/c1-28-12-18-33(19-13-28)52(46,47)42(36-10-5-4-9-35(36)40)24-31(43)27-51-38-25-41(39(44)45)21-20-34(38)29-14-16-32(17-15-29)50-23-7-22-49-26-30-8-3-6-11-37(30)48-2/h3-6,8-19,31,34,38,43H,7,20-27H2,1-2H3,(H,44,45)/t31-,34?,38?/m0/s1. The van der Waals surface area contributed by atoms with Gasteiger partial charge in [-0.3, -0.25) is 4.31 Å².